The third kappa shape index (κ3) is 7.42. The summed E-state index contributed by atoms with van der Waals surface area (Å²) in [7, 11) is 0. The van der Waals surface area contributed by atoms with E-state index in [1.165, 1.54) is 16.7 Å². The summed E-state index contributed by atoms with van der Waals surface area (Å²) in [5, 5.41) is 0. The fraction of sp³-hybridized carbons (Fsp3) is 0.0571. The van der Waals surface area contributed by atoms with E-state index < -0.39 is 0 Å². The van der Waals surface area contributed by atoms with Crippen molar-refractivity contribution in [1.82, 2.24) is 15.0 Å². The number of benzene rings is 4. The van der Waals surface area contributed by atoms with Crippen molar-refractivity contribution < 1.29 is 20.1 Å². The molecule has 0 amide bonds. The van der Waals surface area contributed by atoms with Crippen LogP contribution in [0.5, 0.6) is 0 Å². The predicted octanol–water partition coefficient (Wildman–Crippen LogP) is 8.39. The Morgan fingerprint density at radius 2 is 1.26 bits per heavy atom. The van der Waals surface area contributed by atoms with E-state index in [2.05, 4.69) is 82.5 Å². The van der Waals surface area contributed by atoms with Gasteiger partial charge >= 0.3 is 0 Å². The topological polar surface area (TPSA) is 38.7 Å². The summed E-state index contributed by atoms with van der Waals surface area (Å²) >= 11 is 0. The van der Waals surface area contributed by atoms with Gasteiger partial charge in [0, 0.05) is 38.7 Å². The Balaban J connectivity index is 0.000000177. The van der Waals surface area contributed by atoms with Gasteiger partial charge in [0.15, 0.2) is 0 Å². The number of hydrogen-bond acceptors (Lipinski definition) is 3. The van der Waals surface area contributed by atoms with Crippen molar-refractivity contribution in [3.05, 3.63) is 152 Å². The van der Waals surface area contributed by atoms with E-state index in [1.54, 1.807) is 6.20 Å². The number of nitrogens with zero attached hydrogens (tertiary/aromatic N) is 3. The summed E-state index contributed by atoms with van der Waals surface area (Å²) in [6, 6.07) is 45.2. The smallest absolute Gasteiger partial charge is 0.0748 e. The van der Waals surface area contributed by atoms with Gasteiger partial charge in [-0.15, -0.1) is 65.2 Å². The van der Waals surface area contributed by atoms with Crippen LogP contribution in [0, 0.1) is 12.1 Å². The number of aromatic nitrogens is 3. The van der Waals surface area contributed by atoms with E-state index in [-0.39, 0.29) is 20.1 Å². The van der Waals surface area contributed by atoms with Gasteiger partial charge in [-0.1, -0.05) is 90.8 Å². The Bertz CT molecular complexity index is 1490. The van der Waals surface area contributed by atoms with Gasteiger partial charge in [0.25, 0.3) is 0 Å². The summed E-state index contributed by atoms with van der Waals surface area (Å²) in [6.45, 7) is 2.10. The van der Waals surface area contributed by atoms with Crippen LogP contribution < -0.4 is 0 Å². The van der Waals surface area contributed by atoms with Crippen molar-refractivity contribution >= 4 is 0 Å². The molecule has 3 nitrogen and oxygen atoms in total. The molecule has 0 unspecified atom stereocenters. The monoisotopic (exact) mass is 682 g/mol. The minimum absolute atomic E-state index is 0. The van der Waals surface area contributed by atoms with Crippen LogP contribution in [0.15, 0.2) is 134 Å². The van der Waals surface area contributed by atoms with Gasteiger partial charge in [0.1, 0.15) is 0 Å². The van der Waals surface area contributed by atoms with Crippen molar-refractivity contribution in [3.8, 4) is 44.9 Å². The molecule has 1 radical (unpaired) electrons. The first-order valence-electron chi connectivity index (χ1n) is 12.7. The molecule has 0 N–H and O–H groups in total. The van der Waals surface area contributed by atoms with Crippen molar-refractivity contribution in [3.63, 3.8) is 0 Å². The van der Waals surface area contributed by atoms with Crippen LogP contribution in [-0.2, 0) is 26.5 Å². The largest absolute Gasteiger partial charge is 0.305 e. The van der Waals surface area contributed by atoms with Crippen LogP contribution in [0.3, 0.4) is 0 Å². The van der Waals surface area contributed by atoms with Gasteiger partial charge in [-0.05, 0) is 29.3 Å². The van der Waals surface area contributed by atoms with Gasteiger partial charge in [-0.2, -0.15) is 0 Å². The molecule has 0 saturated carbocycles. The fourth-order valence-electron chi connectivity index (χ4n) is 4.00. The summed E-state index contributed by atoms with van der Waals surface area (Å²) in [5.74, 6) is 0.722. The zero-order valence-corrected chi connectivity index (χ0v) is 24.0. The SMILES string of the molecule is CCc1cnc(-c2[c-]ccc(-c3ccccc3)c2)nc1.[Ir].[c-]1cc(-c2ccccc2)ccc1-c1ccccn1. The summed E-state index contributed by atoms with van der Waals surface area (Å²) in [4.78, 5) is 13.1. The maximum absolute atomic E-state index is 4.41. The third-order valence-electron chi connectivity index (χ3n) is 6.12. The first-order valence-corrected chi connectivity index (χ1v) is 12.7. The quantitative estimate of drug-likeness (QED) is 0.172. The standard InChI is InChI=1S/C18H15N2.C17H12N.Ir/c1-2-14-12-19-18(20-13-14)17-10-6-9-16(11-17)15-7-4-3-5-8-15;1-2-6-14(7-3-1)15-9-11-16(12-10-15)17-8-4-5-13-18-17;/h3-9,11-13H,2H2,1H3;1-11,13H;/q2*-1;. The maximum atomic E-state index is 4.41. The maximum Gasteiger partial charge on any atom is 0.0748 e. The van der Waals surface area contributed by atoms with Gasteiger partial charge < -0.3 is 4.98 Å². The Morgan fingerprint density at radius 1 is 0.590 bits per heavy atom. The Labute approximate surface area is 244 Å². The second-order valence-corrected chi connectivity index (χ2v) is 8.70. The molecule has 0 atom stereocenters. The Morgan fingerprint density at radius 3 is 1.85 bits per heavy atom. The average molecular weight is 682 g/mol. The normalized spacial score (nSPS) is 10.1. The van der Waals surface area contributed by atoms with Gasteiger partial charge in [0.05, 0.1) is 5.82 Å². The van der Waals surface area contributed by atoms with Crippen LogP contribution in [0.2, 0.25) is 0 Å². The van der Waals surface area contributed by atoms with Crippen molar-refractivity contribution in [1.29, 1.82) is 0 Å². The van der Waals surface area contributed by atoms with Crippen LogP contribution in [0.1, 0.15) is 12.5 Å². The van der Waals surface area contributed by atoms with E-state index in [9.17, 15) is 0 Å². The van der Waals surface area contributed by atoms with E-state index in [0.717, 1.165) is 40.2 Å². The first-order chi connectivity index (χ1) is 18.8. The van der Waals surface area contributed by atoms with Crippen LogP contribution >= 0.6 is 0 Å². The number of rotatable bonds is 5. The molecular formula is C35H27IrN3-2. The molecule has 0 bridgehead atoms. The Kier molecular flexibility index (Phi) is 10.0. The first kappa shape index (κ1) is 27.8. The fourth-order valence-corrected chi connectivity index (χ4v) is 4.00. The molecular weight excluding hydrogens is 655 g/mol. The molecule has 2 aromatic heterocycles. The summed E-state index contributed by atoms with van der Waals surface area (Å²) in [5.41, 5.74) is 8.78. The predicted molar refractivity (Wildman–Crippen MR) is 155 cm³/mol. The molecule has 0 aliphatic carbocycles. The number of aryl methyl sites for hydroxylation is 1. The zero-order chi connectivity index (χ0) is 26.0. The second-order valence-electron chi connectivity index (χ2n) is 8.70. The van der Waals surface area contributed by atoms with Crippen molar-refractivity contribution in [2.24, 2.45) is 0 Å². The molecule has 39 heavy (non-hydrogen) atoms. The van der Waals surface area contributed by atoms with E-state index >= 15 is 0 Å². The molecule has 4 heteroatoms. The van der Waals surface area contributed by atoms with Crippen molar-refractivity contribution in [2.75, 3.05) is 0 Å². The summed E-state index contributed by atoms with van der Waals surface area (Å²) in [6.07, 6.45) is 6.51. The van der Waals surface area contributed by atoms with Crippen LogP contribution in [-0.4, -0.2) is 15.0 Å². The van der Waals surface area contributed by atoms with Crippen LogP contribution in [0.25, 0.3) is 44.9 Å². The third-order valence-corrected chi connectivity index (χ3v) is 6.12. The minimum Gasteiger partial charge on any atom is -0.305 e. The Hall–Kier alpha value is -4.24. The number of pyridine rings is 1. The van der Waals surface area contributed by atoms with E-state index in [4.69, 9.17) is 0 Å². The molecule has 0 fully saturated rings. The van der Waals surface area contributed by atoms with Gasteiger partial charge in [-0.3, -0.25) is 9.97 Å². The minimum atomic E-state index is 0. The van der Waals surface area contributed by atoms with Gasteiger partial charge in [0.2, 0.25) is 0 Å². The second kappa shape index (κ2) is 14.1. The summed E-state index contributed by atoms with van der Waals surface area (Å²) < 4.78 is 0. The molecule has 0 aliphatic rings. The molecule has 0 spiro atoms. The van der Waals surface area contributed by atoms with E-state index in [1.807, 2.05) is 79.1 Å². The molecule has 2 heterocycles. The van der Waals surface area contributed by atoms with Crippen LogP contribution in [0.4, 0.5) is 0 Å². The van der Waals surface area contributed by atoms with Gasteiger partial charge in [-0.25, -0.2) is 0 Å². The molecule has 0 aliphatic heterocycles. The zero-order valence-electron chi connectivity index (χ0n) is 21.6. The molecule has 4 aromatic carbocycles. The number of hydrogen-bond donors (Lipinski definition) is 0. The molecule has 193 valence electrons. The molecule has 6 aromatic rings. The van der Waals surface area contributed by atoms with Crippen molar-refractivity contribution in [2.45, 2.75) is 13.3 Å². The molecule has 6 rings (SSSR count). The average Bonchev–Trinajstić information content (AvgIpc) is 3.03. The van der Waals surface area contributed by atoms with E-state index in [0.29, 0.717) is 0 Å². The molecule has 0 saturated heterocycles.